The number of unbranched alkanes of at least 4 members (excludes halogenated alkanes) is 5. The third-order valence-electron chi connectivity index (χ3n) is 2.26. The molecule has 0 rings (SSSR count). The first-order valence-electron chi connectivity index (χ1n) is 5.85. The van der Waals surface area contributed by atoms with E-state index in [1.807, 2.05) is 0 Å². The highest BCUT2D eigenvalue weighted by molar-refractivity contribution is 5.59. The second-order valence-corrected chi connectivity index (χ2v) is 3.75. The Labute approximate surface area is 101 Å². The van der Waals surface area contributed by atoms with Crippen molar-refractivity contribution >= 4 is 12.3 Å². The third-order valence-corrected chi connectivity index (χ3v) is 2.26. The summed E-state index contributed by atoms with van der Waals surface area (Å²) in [7, 11) is 0. The predicted octanol–water partition coefficient (Wildman–Crippen LogP) is 3.45. The van der Waals surface area contributed by atoms with Crippen LogP contribution in [0.1, 0.15) is 51.9 Å². The maximum absolute atomic E-state index is 10.3. The minimum Gasteiger partial charge on any atom is -0.450 e. The van der Waals surface area contributed by atoms with Gasteiger partial charge in [-0.15, -0.1) is 0 Å². The van der Waals surface area contributed by atoms with Crippen LogP contribution >= 0.6 is 0 Å². The summed E-state index contributed by atoms with van der Waals surface area (Å²) in [5.74, 6) is 0. The van der Waals surface area contributed by atoms with Crippen molar-refractivity contribution in [2.24, 2.45) is 0 Å². The maximum atomic E-state index is 10.3. The molecule has 6 nitrogen and oxygen atoms in total. The first-order chi connectivity index (χ1) is 8.06. The second kappa shape index (κ2) is 9.74. The van der Waals surface area contributed by atoms with E-state index in [1.54, 1.807) is 0 Å². The Morgan fingerprint density at radius 1 is 0.941 bits per heavy atom. The quantitative estimate of drug-likeness (QED) is 0.369. The number of carbonyl (C=O) groups is 2. The van der Waals surface area contributed by atoms with Crippen LogP contribution in [0.2, 0.25) is 0 Å². The van der Waals surface area contributed by atoms with Crippen LogP contribution in [0.15, 0.2) is 0 Å². The van der Waals surface area contributed by atoms with Crippen molar-refractivity contribution in [3.63, 3.8) is 0 Å². The fourth-order valence-corrected chi connectivity index (χ4v) is 1.46. The molecule has 0 heterocycles. The third kappa shape index (κ3) is 10.8. The molecule has 0 aliphatic rings. The molecule has 0 fully saturated rings. The molecule has 6 heteroatoms. The summed E-state index contributed by atoms with van der Waals surface area (Å²) < 4.78 is 8.60. The second-order valence-electron chi connectivity index (χ2n) is 3.75. The van der Waals surface area contributed by atoms with Crippen LogP contribution in [0.25, 0.3) is 0 Å². The maximum Gasteiger partial charge on any atom is 0.508 e. The molecule has 0 unspecified atom stereocenters. The number of hydrogen-bond donors (Lipinski definition) is 2. The lowest BCUT2D eigenvalue weighted by Gasteiger charge is -2.14. The van der Waals surface area contributed by atoms with Crippen LogP contribution < -0.4 is 0 Å². The Bertz CT molecular complexity index is 212. The van der Waals surface area contributed by atoms with Crippen LogP contribution in [0.3, 0.4) is 0 Å². The first kappa shape index (κ1) is 15.5. The topological polar surface area (TPSA) is 93.1 Å². The summed E-state index contributed by atoms with van der Waals surface area (Å²) in [6.45, 7) is 2.12. The highest BCUT2D eigenvalue weighted by Gasteiger charge is 2.17. The van der Waals surface area contributed by atoms with Crippen molar-refractivity contribution < 1.29 is 29.3 Å². The summed E-state index contributed by atoms with van der Waals surface area (Å²) in [5, 5.41) is 16.7. The fraction of sp³-hybridized carbons (Fsp3) is 0.818. The molecule has 0 aromatic rings. The van der Waals surface area contributed by atoms with Gasteiger partial charge in [0.05, 0.1) is 0 Å². The SMILES string of the molecule is CCCCCCCCC(OC(=O)O)OC(=O)O. The number of hydrogen-bond acceptors (Lipinski definition) is 4. The van der Waals surface area contributed by atoms with Crippen LogP contribution in [0.4, 0.5) is 9.59 Å². The molecule has 0 bridgehead atoms. The minimum atomic E-state index is -1.53. The van der Waals surface area contributed by atoms with E-state index >= 15 is 0 Å². The van der Waals surface area contributed by atoms with Crippen molar-refractivity contribution in [3.8, 4) is 0 Å². The lowest BCUT2D eigenvalue weighted by Crippen LogP contribution is -2.23. The summed E-state index contributed by atoms with van der Waals surface area (Å²) in [6.07, 6.45) is 2.15. The van der Waals surface area contributed by atoms with E-state index in [-0.39, 0.29) is 6.42 Å². The summed E-state index contributed by atoms with van der Waals surface area (Å²) in [5.41, 5.74) is 0. The summed E-state index contributed by atoms with van der Waals surface area (Å²) in [6, 6.07) is 0. The lowest BCUT2D eigenvalue weighted by atomic mass is 10.1. The van der Waals surface area contributed by atoms with Crippen molar-refractivity contribution in [1.29, 1.82) is 0 Å². The van der Waals surface area contributed by atoms with Crippen molar-refractivity contribution in [1.82, 2.24) is 0 Å². The van der Waals surface area contributed by atoms with Gasteiger partial charge in [-0.2, -0.15) is 0 Å². The molecule has 2 N–H and O–H groups in total. The van der Waals surface area contributed by atoms with E-state index in [4.69, 9.17) is 10.2 Å². The average Bonchev–Trinajstić information content (AvgIpc) is 2.21. The molecular formula is C11H20O6. The van der Waals surface area contributed by atoms with E-state index in [1.165, 1.54) is 6.42 Å². The Morgan fingerprint density at radius 3 is 1.88 bits per heavy atom. The molecule has 0 aliphatic heterocycles. The number of rotatable bonds is 9. The van der Waals surface area contributed by atoms with Gasteiger partial charge in [0.2, 0.25) is 0 Å². The van der Waals surface area contributed by atoms with Gasteiger partial charge >= 0.3 is 12.3 Å². The Hall–Kier alpha value is -1.46. The molecule has 0 aliphatic carbocycles. The number of carboxylic acid groups (broad SMARTS) is 2. The van der Waals surface area contributed by atoms with E-state index in [0.29, 0.717) is 6.42 Å². The Morgan fingerprint density at radius 2 is 1.41 bits per heavy atom. The van der Waals surface area contributed by atoms with Crippen molar-refractivity contribution in [2.45, 2.75) is 58.2 Å². The van der Waals surface area contributed by atoms with Gasteiger partial charge in [0.25, 0.3) is 6.29 Å². The standard InChI is InChI=1S/C11H20O6/c1-2-3-4-5-6-7-8-9(16-10(12)13)17-11(14)15/h9H,2-8H2,1H3,(H,12,13)(H,14,15). The molecule has 100 valence electrons. The number of ether oxygens (including phenoxy) is 2. The minimum absolute atomic E-state index is 0.269. The van der Waals surface area contributed by atoms with E-state index in [0.717, 1.165) is 25.7 Å². The molecule has 0 aromatic carbocycles. The fourth-order valence-electron chi connectivity index (χ4n) is 1.46. The van der Waals surface area contributed by atoms with Gasteiger partial charge in [-0.1, -0.05) is 39.0 Å². The lowest BCUT2D eigenvalue weighted by molar-refractivity contribution is -0.0950. The molecular weight excluding hydrogens is 228 g/mol. The van der Waals surface area contributed by atoms with E-state index < -0.39 is 18.6 Å². The Balaban J connectivity index is 3.68. The zero-order chi connectivity index (χ0) is 13.1. The summed E-state index contributed by atoms with van der Waals surface area (Å²) in [4.78, 5) is 20.5. The van der Waals surface area contributed by atoms with Crippen molar-refractivity contribution in [3.05, 3.63) is 0 Å². The summed E-state index contributed by atoms with van der Waals surface area (Å²) >= 11 is 0. The molecule has 0 atom stereocenters. The van der Waals surface area contributed by atoms with Gasteiger partial charge in [-0.3, -0.25) is 0 Å². The molecule has 17 heavy (non-hydrogen) atoms. The van der Waals surface area contributed by atoms with Crippen LogP contribution in [-0.4, -0.2) is 28.8 Å². The van der Waals surface area contributed by atoms with Crippen LogP contribution in [-0.2, 0) is 9.47 Å². The van der Waals surface area contributed by atoms with Gasteiger partial charge in [0.15, 0.2) is 0 Å². The van der Waals surface area contributed by atoms with Crippen LogP contribution in [0.5, 0.6) is 0 Å². The monoisotopic (exact) mass is 248 g/mol. The van der Waals surface area contributed by atoms with Crippen LogP contribution in [0, 0.1) is 0 Å². The zero-order valence-electron chi connectivity index (χ0n) is 10.1. The molecule has 0 spiro atoms. The first-order valence-corrected chi connectivity index (χ1v) is 5.85. The van der Waals surface area contributed by atoms with E-state index in [2.05, 4.69) is 16.4 Å². The predicted molar refractivity (Wildman–Crippen MR) is 60.0 cm³/mol. The largest absolute Gasteiger partial charge is 0.508 e. The van der Waals surface area contributed by atoms with Gasteiger partial charge in [-0.05, 0) is 6.42 Å². The Kier molecular flexibility index (Phi) is 8.91. The molecule has 0 aromatic heterocycles. The highest BCUT2D eigenvalue weighted by Crippen LogP contribution is 2.11. The smallest absolute Gasteiger partial charge is 0.450 e. The van der Waals surface area contributed by atoms with Crippen molar-refractivity contribution in [2.75, 3.05) is 0 Å². The molecule has 0 saturated carbocycles. The van der Waals surface area contributed by atoms with Gasteiger partial charge in [0, 0.05) is 6.42 Å². The molecule has 0 amide bonds. The van der Waals surface area contributed by atoms with Gasteiger partial charge < -0.3 is 19.7 Å². The zero-order valence-corrected chi connectivity index (χ0v) is 10.1. The van der Waals surface area contributed by atoms with Gasteiger partial charge in [-0.25, -0.2) is 9.59 Å². The van der Waals surface area contributed by atoms with E-state index in [9.17, 15) is 9.59 Å². The van der Waals surface area contributed by atoms with Gasteiger partial charge in [0.1, 0.15) is 0 Å². The average molecular weight is 248 g/mol. The normalized spacial score (nSPS) is 10.2. The molecule has 0 radical (unpaired) electrons. The highest BCUT2D eigenvalue weighted by atomic mass is 16.8. The molecule has 0 saturated heterocycles.